The quantitative estimate of drug-likeness (QED) is 0.486. The van der Waals surface area contributed by atoms with Crippen LogP contribution in [0.1, 0.15) is 19.5 Å². The molecule has 4 aromatic rings. The molecule has 0 spiro atoms. The Morgan fingerprint density at radius 3 is 2.52 bits per heavy atom. The molecule has 0 aliphatic heterocycles. The van der Waals surface area contributed by atoms with E-state index in [-0.39, 0.29) is 12.6 Å². The van der Waals surface area contributed by atoms with Gasteiger partial charge < -0.3 is 15.2 Å². The smallest absolute Gasteiger partial charge is 0.332 e. The number of aromatic nitrogens is 6. The largest absolute Gasteiger partial charge is 0.344 e. The highest BCUT2D eigenvalue weighted by Gasteiger charge is 2.22. The predicted molar refractivity (Wildman–Crippen MR) is 120 cm³/mol. The van der Waals surface area contributed by atoms with Crippen LogP contribution < -0.4 is 21.9 Å². The molecular weight excluding hydrogens is 396 g/mol. The van der Waals surface area contributed by atoms with Gasteiger partial charge in [0.15, 0.2) is 11.2 Å². The number of benzene rings is 1. The average Bonchev–Trinajstić information content (AvgIpc) is 3.15. The van der Waals surface area contributed by atoms with Crippen molar-refractivity contribution in [3.05, 3.63) is 57.0 Å². The SMILES string of the molecule is CCn1c(N(C)CC(C)N)nc2c1c(=O)n(Cc1cnc3ccccc3n1)c(=O)n2C. The zero-order valence-corrected chi connectivity index (χ0v) is 18.1. The molecule has 0 radical (unpaired) electrons. The van der Waals surface area contributed by atoms with Crippen molar-refractivity contribution in [1.29, 1.82) is 0 Å². The molecule has 1 unspecified atom stereocenters. The predicted octanol–water partition coefficient (Wildman–Crippen LogP) is 0.692. The molecule has 1 atom stereocenters. The van der Waals surface area contributed by atoms with Crippen molar-refractivity contribution >= 4 is 28.1 Å². The number of nitrogens with zero attached hydrogens (tertiary/aromatic N) is 7. The fourth-order valence-corrected chi connectivity index (χ4v) is 3.84. The first-order chi connectivity index (χ1) is 14.8. The molecule has 0 saturated carbocycles. The number of nitrogens with two attached hydrogens (primary N) is 1. The Hall–Kier alpha value is -3.53. The van der Waals surface area contributed by atoms with Gasteiger partial charge in [0.1, 0.15) is 0 Å². The van der Waals surface area contributed by atoms with E-state index in [1.54, 1.807) is 13.2 Å². The van der Waals surface area contributed by atoms with Crippen molar-refractivity contribution in [3.63, 3.8) is 0 Å². The van der Waals surface area contributed by atoms with Gasteiger partial charge >= 0.3 is 5.69 Å². The molecule has 10 nitrogen and oxygen atoms in total. The van der Waals surface area contributed by atoms with Gasteiger partial charge in [-0.05, 0) is 26.0 Å². The zero-order chi connectivity index (χ0) is 22.3. The van der Waals surface area contributed by atoms with Crippen molar-refractivity contribution in [2.75, 3.05) is 18.5 Å². The van der Waals surface area contributed by atoms with Crippen LogP contribution in [0.2, 0.25) is 0 Å². The van der Waals surface area contributed by atoms with Crippen molar-refractivity contribution in [3.8, 4) is 0 Å². The van der Waals surface area contributed by atoms with Crippen LogP contribution >= 0.6 is 0 Å². The highest BCUT2D eigenvalue weighted by atomic mass is 16.2. The summed E-state index contributed by atoms with van der Waals surface area (Å²) in [5, 5.41) is 0. The summed E-state index contributed by atoms with van der Waals surface area (Å²) < 4.78 is 4.41. The van der Waals surface area contributed by atoms with Crippen LogP contribution in [0.5, 0.6) is 0 Å². The molecule has 0 aliphatic rings. The third kappa shape index (κ3) is 3.59. The van der Waals surface area contributed by atoms with Crippen LogP contribution in [0.15, 0.2) is 40.1 Å². The molecule has 31 heavy (non-hydrogen) atoms. The summed E-state index contributed by atoms with van der Waals surface area (Å²) in [7, 11) is 3.49. The Balaban J connectivity index is 1.88. The minimum absolute atomic E-state index is 0.0270. The van der Waals surface area contributed by atoms with Crippen LogP contribution in [0.25, 0.3) is 22.2 Å². The summed E-state index contributed by atoms with van der Waals surface area (Å²) in [5.74, 6) is 0.602. The van der Waals surface area contributed by atoms with E-state index < -0.39 is 11.2 Å². The Morgan fingerprint density at radius 1 is 1.13 bits per heavy atom. The number of fused-ring (bicyclic) bond motifs is 2. The van der Waals surface area contributed by atoms with E-state index in [9.17, 15) is 9.59 Å². The summed E-state index contributed by atoms with van der Waals surface area (Å²) in [4.78, 5) is 41.9. The maximum absolute atomic E-state index is 13.4. The third-order valence-corrected chi connectivity index (χ3v) is 5.25. The van der Waals surface area contributed by atoms with Gasteiger partial charge in [0.25, 0.3) is 5.56 Å². The van der Waals surface area contributed by atoms with Crippen LogP contribution in [0, 0.1) is 0 Å². The van der Waals surface area contributed by atoms with Gasteiger partial charge in [0.2, 0.25) is 5.95 Å². The molecule has 0 fully saturated rings. The lowest BCUT2D eigenvalue weighted by molar-refractivity contribution is 0.641. The van der Waals surface area contributed by atoms with Crippen LogP contribution in [0.3, 0.4) is 0 Å². The van der Waals surface area contributed by atoms with E-state index in [1.165, 1.54) is 9.13 Å². The third-order valence-electron chi connectivity index (χ3n) is 5.25. The molecule has 1 aromatic carbocycles. The average molecular weight is 422 g/mol. The van der Waals surface area contributed by atoms with Gasteiger partial charge in [0, 0.05) is 33.2 Å². The van der Waals surface area contributed by atoms with Gasteiger partial charge in [-0.1, -0.05) is 12.1 Å². The second-order valence-electron chi connectivity index (χ2n) is 7.77. The molecule has 4 rings (SSSR count). The number of anilines is 1. The minimum atomic E-state index is -0.449. The molecule has 0 bridgehead atoms. The Bertz CT molecular complexity index is 1380. The Kier molecular flexibility index (Phi) is 5.32. The second kappa shape index (κ2) is 7.95. The summed E-state index contributed by atoms with van der Waals surface area (Å²) >= 11 is 0. The molecule has 0 amide bonds. The maximum Gasteiger partial charge on any atom is 0.332 e. The van der Waals surface area contributed by atoms with E-state index in [0.29, 0.717) is 41.4 Å². The first-order valence-electron chi connectivity index (χ1n) is 10.2. The minimum Gasteiger partial charge on any atom is -0.344 e. The normalized spacial score (nSPS) is 12.5. The number of likely N-dealkylation sites (N-methyl/N-ethyl adjacent to an activating group) is 1. The second-order valence-corrected chi connectivity index (χ2v) is 7.77. The first kappa shape index (κ1) is 20.7. The number of hydrogen-bond acceptors (Lipinski definition) is 7. The molecule has 10 heteroatoms. The lowest BCUT2D eigenvalue weighted by Crippen LogP contribution is -2.40. The van der Waals surface area contributed by atoms with Crippen molar-refractivity contribution in [2.45, 2.75) is 33.0 Å². The monoisotopic (exact) mass is 422 g/mol. The van der Waals surface area contributed by atoms with E-state index in [1.807, 2.05) is 54.6 Å². The highest BCUT2D eigenvalue weighted by molar-refractivity contribution is 5.75. The lowest BCUT2D eigenvalue weighted by atomic mass is 10.3. The number of hydrogen-bond donors (Lipinski definition) is 1. The fraction of sp³-hybridized carbons (Fsp3) is 0.381. The summed E-state index contributed by atoms with van der Waals surface area (Å²) in [6.07, 6.45) is 1.59. The Labute approximate surface area is 178 Å². The molecular formula is C21H26N8O2. The Morgan fingerprint density at radius 2 is 1.84 bits per heavy atom. The zero-order valence-electron chi connectivity index (χ0n) is 18.1. The van der Waals surface area contributed by atoms with Crippen LogP contribution in [0.4, 0.5) is 5.95 Å². The molecule has 0 saturated heterocycles. The number of para-hydroxylation sites is 2. The summed E-state index contributed by atoms with van der Waals surface area (Å²) in [5.41, 5.74) is 7.82. The van der Waals surface area contributed by atoms with Gasteiger partial charge in [-0.3, -0.25) is 18.9 Å². The van der Waals surface area contributed by atoms with Crippen molar-refractivity contribution in [1.82, 2.24) is 28.7 Å². The molecule has 2 N–H and O–H groups in total. The van der Waals surface area contributed by atoms with Gasteiger partial charge in [-0.25, -0.2) is 9.78 Å². The number of imidazole rings is 1. The topological polar surface area (TPSA) is 117 Å². The molecule has 0 aliphatic carbocycles. The maximum atomic E-state index is 13.4. The van der Waals surface area contributed by atoms with Crippen LogP contribution in [-0.2, 0) is 20.1 Å². The highest BCUT2D eigenvalue weighted by Crippen LogP contribution is 2.19. The van der Waals surface area contributed by atoms with Gasteiger partial charge in [-0.15, -0.1) is 0 Å². The fourth-order valence-electron chi connectivity index (χ4n) is 3.84. The molecule has 3 heterocycles. The van der Waals surface area contributed by atoms with Gasteiger partial charge in [0.05, 0.1) is 29.5 Å². The standard InChI is InChI=1S/C21H26N8O2/c1-5-28-17-18(25-20(28)26(3)11-13(2)22)27(4)21(31)29(19(17)30)12-14-10-23-15-8-6-7-9-16(15)24-14/h6-10,13H,5,11-12,22H2,1-4H3. The summed E-state index contributed by atoms with van der Waals surface area (Å²) in [6, 6.07) is 7.41. The summed E-state index contributed by atoms with van der Waals surface area (Å²) in [6.45, 7) is 4.96. The van der Waals surface area contributed by atoms with E-state index in [0.717, 1.165) is 5.52 Å². The van der Waals surface area contributed by atoms with Crippen molar-refractivity contribution in [2.24, 2.45) is 12.8 Å². The van der Waals surface area contributed by atoms with E-state index in [2.05, 4.69) is 15.0 Å². The van der Waals surface area contributed by atoms with E-state index >= 15 is 0 Å². The molecule has 162 valence electrons. The van der Waals surface area contributed by atoms with Crippen LogP contribution in [-0.4, -0.2) is 48.3 Å². The number of aryl methyl sites for hydroxylation is 2. The number of rotatable bonds is 6. The molecule has 3 aromatic heterocycles. The lowest BCUT2D eigenvalue weighted by Gasteiger charge is -2.20. The first-order valence-corrected chi connectivity index (χ1v) is 10.2. The van der Waals surface area contributed by atoms with Gasteiger partial charge in [-0.2, -0.15) is 4.98 Å². The van der Waals surface area contributed by atoms with E-state index in [4.69, 9.17) is 5.73 Å². The van der Waals surface area contributed by atoms with Crippen molar-refractivity contribution < 1.29 is 0 Å².